The molecular weight excluding hydrogens is 360 g/mol. The fraction of sp³-hybridized carbons (Fsp3) is 0.273. The van der Waals surface area contributed by atoms with Crippen LogP contribution in [0.1, 0.15) is 48.4 Å². The Morgan fingerprint density at radius 2 is 1.86 bits per heavy atom. The molecule has 146 valence electrons. The van der Waals surface area contributed by atoms with Crippen LogP contribution in [0.25, 0.3) is 0 Å². The van der Waals surface area contributed by atoms with E-state index in [0.717, 1.165) is 5.57 Å². The molecule has 0 amide bonds. The van der Waals surface area contributed by atoms with E-state index in [1.807, 2.05) is 26.0 Å². The maximum absolute atomic E-state index is 13.1. The molecule has 0 aromatic heterocycles. The quantitative estimate of drug-likeness (QED) is 0.616. The molecule has 0 aliphatic carbocycles. The lowest BCUT2D eigenvalue weighted by Crippen LogP contribution is -2.39. The van der Waals surface area contributed by atoms with Crippen molar-refractivity contribution in [2.75, 3.05) is 0 Å². The first kappa shape index (κ1) is 19.5. The number of benzene rings is 2. The summed E-state index contributed by atoms with van der Waals surface area (Å²) in [5.41, 5.74) is 1.77. The number of hydrogen-bond acceptors (Lipinski definition) is 6. The highest BCUT2D eigenvalue weighted by Crippen LogP contribution is 2.45. The van der Waals surface area contributed by atoms with Gasteiger partial charge in [-0.05, 0) is 25.8 Å². The van der Waals surface area contributed by atoms with Gasteiger partial charge in [0.2, 0.25) is 11.9 Å². The molecule has 3 rings (SSSR count). The number of hydrogen-bond donors (Lipinski definition) is 2. The van der Waals surface area contributed by atoms with Crippen LogP contribution in [-0.4, -0.2) is 28.1 Å². The van der Waals surface area contributed by atoms with Crippen LogP contribution in [0.2, 0.25) is 0 Å². The zero-order valence-corrected chi connectivity index (χ0v) is 15.9. The Bertz CT molecular complexity index is 941. The third-order valence-electron chi connectivity index (χ3n) is 4.52. The summed E-state index contributed by atoms with van der Waals surface area (Å²) in [7, 11) is 0. The molecule has 0 saturated heterocycles. The van der Waals surface area contributed by atoms with Crippen molar-refractivity contribution in [3.05, 3.63) is 64.7 Å². The molecule has 2 aromatic rings. The van der Waals surface area contributed by atoms with E-state index in [1.54, 1.807) is 24.3 Å². The number of phenols is 2. The van der Waals surface area contributed by atoms with Crippen molar-refractivity contribution in [3.8, 4) is 17.2 Å². The lowest BCUT2D eigenvalue weighted by atomic mass is 9.90. The van der Waals surface area contributed by atoms with Crippen molar-refractivity contribution in [2.24, 2.45) is 0 Å². The highest BCUT2D eigenvalue weighted by Gasteiger charge is 2.43. The summed E-state index contributed by atoms with van der Waals surface area (Å²) < 4.78 is 11.2. The number of allylic oxidation sites excluding steroid dienone is 2. The Labute approximate surface area is 163 Å². The molecule has 1 aliphatic heterocycles. The van der Waals surface area contributed by atoms with Gasteiger partial charge in [-0.15, -0.1) is 0 Å². The summed E-state index contributed by atoms with van der Waals surface area (Å²) in [5.74, 6) is -1.67. The summed E-state index contributed by atoms with van der Waals surface area (Å²) in [6, 6.07) is 10.2. The number of ketones is 1. The molecule has 0 unspecified atom stereocenters. The van der Waals surface area contributed by atoms with E-state index in [-0.39, 0.29) is 34.8 Å². The zero-order valence-electron chi connectivity index (χ0n) is 15.9. The first-order valence-corrected chi connectivity index (χ1v) is 8.93. The first-order chi connectivity index (χ1) is 13.3. The van der Waals surface area contributed by atoms with Crippen molar-refractivity contribution in [3.63, 3.8) is 0 Å². The predicted molar refractivity (Wildman–Crippen MR) is 103 cm³/mol. The SMILES string of the molecule is CC(=O)O[C@@H]1C(=O)c2c(cc(O)c(CC=C(C)C)c2O)O[C@H]1c1ccccc1. The molecule has 2 atom stereocenters. The number of esters is 1. The van der Waals surface area contributed by atoms with Crippen molar-refractivity contribution in [2.45, 2.75) is 39.4 Å². The van der Waals surface area contributed by atoms with Crippen molar-refractivity contribution < 1.29 is 29.3 Å². The van der Waals surface area contributed by atoms with E-state index in [2.05, 4.69) is 0 Å². The fourth-order valence-electron chi connectivity index (χ4n) is 3.17. The molecule has 1 aliphatic rings. The van der Waals surface area contributed by atoms with Crippen LogP contribution in [0.3, 0.4) is 0 Å². The van der Waals surface area contributed by atoms with Gasteiger partial charge in [-0.1, -0.05) is 42.0 Å². The third kappa shape index (κ3) is 3.71. The molecular formula is C22H22O6. The average molecular weight is 382 g/mol. The fourth-order valence-corrected chi connectivity index (χ4v) is 3.17. The minimum absolute atomic E-state index is 0.0539. The van der Waals surface area contributed by atoms with E-state index in [0.29, 0.717) is 5.56 Å². The Balaban J connectivity index is 2.11. The standard InChI is InChI=1S/C22H22O6/c1-12(2)9-10-15-16(24)11-17-18(19(15)25)20(26)22(27-13(3)23)21(28-17)14-7-5-4-6-8-14/h4-9,11,21-22,24-25H,10H2,1-3H3/t21-,22+/m0/s1. The van der Waals surface area contributed by atoms with Crippen LogP contribution >= 0.6 is 0 Å². The van der Waals surface area contributed by atoms with Crippen LogP contribution in [0.4, 0.5) is 0 Å². The lowest BCUT2D eigenvalue weighted by molar-refractivity contribution is -0.148. The van der Waals surface area contributed by atoms with Crippen LogP contribution in [-0.2, 0) is 16.0 Å². The highest BCUT2D eigenvalue weighted by atomic mass is 16.6. The highest BCUT2D eigenvalue weighted by molar-refractivity contribution is 6.07. The minimum Gasteiger partial charge on any atom is -0.507 e. The van der Waals surface area contributed by atoms with E-state index in [4.69, 9.17) is 9.47 Å². The van der Waals surface area contributed by atoms with Gasteiger partial charge in [0.05, 0.1) is 0 Å². The third-order valence-corrected chi connectivity index (χ3v) is 4.52. The number of carbonyl (C=O) groups is 2. The van der Waals surface area contributed by atoms with Crippen molar-refractivity contribution in [1.82, 2.24) is 0 Å². The second-order valence-corrected chi connectivity index (χ2v) is 6.93. The molecule has 0 spiro atoms. The topological polar surface area (TPSA) is 93.1 Å². The number of ether oxygens (including phenoxy) is 2. The summed E-state index contributed by atoms with van der Waals surface area (Å²) >= 11 is 0. The Morgan fingerprint density at radius 3 is 2.46 bits per heavy atom. The molecule has 6 nitrogen and oxygen atoms in total. The van der Waals surface area contributed by atoms with Crippen molar-refractivity contribution in [1.29, 1.82) is 0 Å². The van der Waals surface area contributed by atoms with E-state index in [1.165, 1.54) is 13.0 Å². The number of Topliss-reactive ketones (excluding diaryl/α,β-unsaturated/α-hetero) is 1. The number of carbonyl (C=O) groups excluding carboxylic acids is 2. The summed E-state index contributed by atoms with van der Waals surface area (Å²) in [6.07, 6.45) is -0.0429. The van der Waals surface area contributed by atoms with Crippen molar-refractivity contribution >= 4 is 11.8 Å². The van der Waals surface area contributed by atoms with Gasteiger partial charge in [0.25, 0.3) is 0 Å². The van der Waals surface area contributed by atoms with Gasteiger partial charge < -0.3 is 19.7 Å². The van der Waals surface area contributed by atoms with E-state index in [9.17, 15) is 19.8 Å². The molecule has 0 fully saturated rings. The number of aromatic hydroxyl groups is 2. The number of rotatable bonds is 4. The Kier molecular flexibility index (Phi) is 5.40. The number of fused-ring (bicyclic) bond motifs is 1. The Morgan fingerprint density at radius 1 is 1.18 bits per heavy atom. The molecule has 2 N–H and O–H groups in total. The molecule has 2 aromatic carbocycles. The van der Waals surface area contributed by atoms with Crippen LogP contribution in [0, 0.1) is 0 Å². The molecule has 6 heteroatoms. The van der Waals surface area contributed by atoms with Gasteiger partial charge >= 0.3 is 5.97 Å². The second-order valence-electron chi connectivity index (χ2n) is 6.93. The monoisotopic (exact) mass is 382 g/mol. The normalized spacial score (nSPS) is 18.0. The lowest BCUT2D eigenvalue weighted by Gasteiger charge is -2.33. The molecule has 0 saturated carbocycles. The molecule has 1 heterocycles. The van der Waals surface area contributed by atoms with Gasteiger partial charge in [0.15, 0.2) is 6.10 Å². The van der Waals surface area contributed by atoms with Crippen LogP contribution in [0.15, 0.2) is 48.0 Å². The minimum atomic E-state index is -1.24. The predicted octanol–water partition coefficient (Wildman–Crippen LogP) is 3.85. The largest absolute Gasteiger partial charge is 0.507 e. The van der Waals surface area contributed by atoms with Gasteiger partial charge in [0, 0.05) is 18.6 Å². The maximum atomic E-state index is 13.1. The van der Waals surface area contributed by atoms with Crippen LogP contribution < -0.4 is 4.74 Å². The first-order valence-electron chi connectivity index (χ1n) is 8.93. The van der Waals surface area contributed by atoms with E-state index >= 15 is 0 Å². The maximum Gasteiger partial charge on any atom is 0.303 e. The summed E-state index contributed by atoms with van der Waals surface area (Å²) in [4.78, 5) is 24.7. The molecule has 28 heavy (non-hydrogen) atoms. The molecule has 0 bridgehead atoms. The van der Waals surface area contributed by atoms with Gasteiger partial charge in [-0.2, -0.15) is 0 Å². The summed E-state index contributed by atoms with van der Waals surface area (Å²) in [5, 5.41) is 21.0. The van der Waals surface area contributed by atoms with Crippen LogP contribution in [0.5, 0.6) is 17.2 Å². The number of phenolic OH excluding ortho intramolecular Hbond substituents is 2. The average Bonchev–Trinajstić information content (AvgIpc) is 2.63. The smallest absolute Gasteiger partial charge is 0.303 e. The summed E-state index contributed by atoms with van der Waals surface area (Å²) in [6.45, 7) is 4.99. The van der Waals surface area contributed by atoms with Gasteiger partial charge in [-0.25, -0.2) is 0 Å². The van der Waals surface area contributed by atoms with E-state index < -0.39 is 24.0 Å². The van der Waals surface area contributed by atoms with Gasteiger partial charge in [-0.3, -0.25) is 9.59 Å². The van der Waals surface area contributed by atoms with Gasteiger partial charge in [0.1, 0.15) is 22.8 Å². The Hall–Kier alpha value is -3.28. The zero-order chi connectivity index (χ0) is 20.4. The second kappa shape index (κ2) is 7.76. The molecule has 0 radical (unpaired) electrons.